The summed E-state index contributed by atoms with van der Waals surface area (Å²) in [4.78, 5) is 8.25. The molecular formula is C9H12BrN3O. The Kier molecular flexibility index (Phi) is 3.31. The molecule has 76 valence electrons. The van der Waals surface area contributed by atoms with Gasteiger partial charge in [-0.05, 0) is 35.2 Å². The van der Waals surface area contributed by atoms with Gasteiger partial charge in [-0.2, -0.15) is 0 Å². The summed E-state index contributed by atoms with van der Waals surface area (Å²) in [7, 11) is 0. The van der Waals surface area contributed by atoms with Crippen molar-refractivity contribution in [3.63, 3.8) is 0 Å². The van der Waals surface area contributed by atoms with Crippen molar-refractivity contribution in [3.05, 3.63) is 16.9 Å². The summed E-state index contributed by atoms with van der Waals surface area (Å²) in [6.45, 7) is 0.828. The van der Waals surface area contributed by atoms with Crippen molar-refractivity contribution in [1.29, 1.82) is 0 Å². The molecule has 1 aliphatic heterocycles. The monoisotopic (exact) mass is 257 g/mol. The Morgan fingerprint density at radius 3 is 2.79 bits per heavy atom. The molecule has 0 aromatic carbocycles. The second kappa shape index (κ2) is 4.70. The smallest absolute Gasteiger partial charge is 0.224 e. The highest BCUT2D eigenvalue weighted by molar-refractivity contribution is 9.10. The van der Waals surface area contributed by atoms with Crippen LogP contribution in [0.2, 0.25) is 0 Å². The molecule has 1 atom stereocenters. The third-order valence-corrected chi connectivity index (χ3v) is 2.50. The summed E-state index contributed by atoms with van der Waals surface area (Å²) in [5.41, 5.74) is 0. The number of nitrogens with one attached hydrogen (secondary N) is 1. The van der Waals surface area contributed by atoms with Crippen LogP contribution in [0.5, 0.6) is 0 Å². The summed E-state index contributed by atoms with van der Waals surface area (Å²) < 4.78 is 6.39. The molecule has 0 bridgehead atoms. The fraction of sp³-hybridized carbons (Fsp3) is 0.556. The molecule has 5 heteroatoms. The molecule has 1 N–H and O–H groups in total. The van der Waals surface area contributed by atoms with E-state index in [1.165, 1.54) is 6.42 Å². The SMILES string of the molecule is Brc1cnc(NC2CCCCO2)nc1. The Balaban J connectivity index is 1.92. The molecule has 0 saturated carbocycles. The molecule has 1 fully saturated rings. The van der Waals surface area contributed by atoms with Gasteiger partial charge in [0.05, 0.1) is 4.47 Å². The fourth-order valence-electron chi connectivity index (χ4n) is 1.39. The highest BCUT2D eigenvalue weighted by Gasteiger charge is 2.13. The van der Waals surface area contributed by atoms with Gasteiger partial charge in [0.1, 0.15) is 6.23 Å². The summed E-state index contributed by atoms with van der Waals surface area (Å²) in [6, 6.07) is 0. The van der Waals surface area contributed by atoms with Gasteiger partial charge >= 0.3 is 0 Å². The predicted molar refractivity (Wildman–Crippen MR) is 56.9 cm³/mol. The molecule has 2 heterocycles. The van der Waals surface area contributed by atoms with Crippen molar-refractivity contribution in [3.8, 4) is 0 Å². The van der Waals surface area contributed by atoms with Gasteiger partial charge in [-0.25, -0.2) is 9.97 Å². The molecule has 0 aliphatic carbocycles. The topological polar surface area (TPSA) is 47.0 Å². The number of rotatable bonds is 2. The zero-order valence-corrected chi connectivity index (χ0v) is 9.33. The molecule has 1 unspecified atom stereocenters. The minimum absolute atomic E-state index is 0.0740. The number of anilines is 1. The quantitative estimate of drug-likeness (QED) is 0.883. The highest BCUT2D eigenvalue weighted by Crippen LogP contribution is 2.14. The Morgan fingerprint density at radius 2 is 2.14 bits per heavy atom. The zero-order valence-electron chi connectivity index (χ0n) is 7.74. The van der Waals surface area contributed by atoms with E-state index in [0.717, 1.165) is 23.9 Å². The van der Waals surface area contributed by atoms with Crippen LogP contribution < -0.4 is 5.32 Å². The normalized spacial score (nSPS) is 21.9. The van der Waals surface area contributed by atoms with Crippen LogP contribution in [-0.2, 0) is 4.74 Å². The largest absolute Gasteiger partial charge is 0.359 e. The van der Waals surface area contributed by atoms with E-state index in [1.807, 2.05) is 0 Å². The molecule has 1 aliphatic rings. The van der Waals surface area contributed by atoms with Gasteiger partial charge < -0.3 is 10.1 Å². The molecule has 14 heavy (non-hydrogen) atoms. The van der Waals surface area contributed by atoms with E-state index >= 15 is 0 Å². The van der Waals surface area contributed by atoms with Crippen molar-refractivity contribution in [2.24, 2.45) is 0 Å². The van der Waals surface area contributed by atoms with Gasteiger partial charge in [-0.1, -0.05) is 0 Å². The lowest BCUT2D eigenvalue weighted by atomic mass is 10.2. The standard InChI is InChI=1S/C9H12BrN3O/c10-7-5-11-9(12-6-7)13-8-3-1-2-4-14-8/h5-6,8H,1-4H2,(H,11,12,13). The maximum atomic E-state index is 5.51. The van der Waals surface area contributed by atoms with Crippen LogP contribution in [0.1, 0.15) is 19.3 Å². The first kappa shape index (κ1) is 9.86. The minimum Gasteiger partial charge on any atom is -0.359 e. The van der Waals surface area contributed by atoms with Crippen LogP contribution in [0.25, 0.3) is 0 Å². The Bertz CT molecular complexity index is 285. The number of ether oxygens (including phenoxy) is 1. The number of halogens is 1. The molecule has 0 amide bonds. The van der Waals surface area contributed by atoms with Gasteiger partial charge in [0.25, 0.3) is 0 Å². The average Bonchev–Trinajstić information content (AvgIpc) is 2.23. The van der Waals surface area contributed by atoms with Crippen LogP contribution in [0.3, 0.4) is 0 Å². The van der Waals surface area contributed by atoms with Gasteiger partial charge in [0.15, 0.2) is 0 Å². The molecule has 1 saturated heterocycles. The number of aromatic nitrogens is 2. The van der Waals surface area contributed by atoms with E-state index in [9.17, 15) is 0 Å². The lowest BCUT2D eigenvalue weighted by molar-refractivity contribution is 0.0338. The maximum Gasteiger partial charge on any atom is 0.224 e. The lowest BCUT2D eigenvalue weighted by Crippen LogP contribution is -2.28. The third kappa shape index (κ3) is 2.65. The molecule has 1 aromatic rings. The van der Waals surface area contributed by atoms with E-state index in [0.29, 0.717) is 5.95 Å². The van der Waals surface area contributed by atoms with Crippen molar-refractivity contribution < 1.29 is 4.74 Å². The van der Waals surface area contributed by atoms with Crippen molar-refractivity contribution in [2.45, 2.75) is 25.5 Å². The summed E-state index contributed by atoms with van der Waals surface area (Å²) in [5.74, 6) is 0.625. The Morgan fingerprint density at radius 1 is 1.36 bits per heavy atom. The van der Waals surface area contributed by atoms with Crippen molar-refractivity contribution in [2.75, 3.05) is 11.9 Å². The first-order chi connectivity index (χ1) is 6.84. The summed E-state index contributed by atoms with van der Waals surface area (Å²) in [5, 5.41) is 3.14. The number of nitrogens with zero attached hydrogens (tertiary/aromatic N) is 2. The Hall–Kier alpha value is -0.680. The summed E-state index contributed by atoms with van der Waals surface area (Å²) >= 11 is 3.29. The van der Waals surface area contributed by atoms with Gasteiger partial charge in [0, 0.05) is 19.0 Å². The van der Waals surface area contributed by atoms with E-state index < -0.39 is 0 Å². The molecule has 0 spiro atoms. The van der Waals surface area contributed by atoms with Crippen LogP contribution in [0.4, 0.5) is 5.95 Å². The summed E-state index contributed by atoms with van der Waals surface area (Å²) in [6.07, 6.45) is 6.90. The van der Waals surface area contributed by atoms with Crippen molar-refractivity contribution in [1.82, 2.24) is 9.97 Å². The second-order valence-corrected chi connectivity index (χ2v) is 4.14. The maximum absolute atomic E-state index is 5.51. The first-order valence-corrected chi connectivity index (χ1v) is 5.49. The lowest BCUT2D eigenvalue weighted by Gasteiger charge is -2.23. The molecule has 2 rings (SSSR count). The first-order valence-electron chi connectivity index (χ1n) is 4.70. The van der Waals surface area contributed by atoms with Gasteiger partial charge in [-0.3, -0.25) is 0 Å². The zero-order chi connectivity index (χ0) is 9.80. The second-order valence-electron chi connectivity index (χ2n) is 3.22. The van der Waals surface area contributed by atoms with Gasteiger partial charge in [-0.15, -0.1) is 0 Å². The van der Waals surface area contributed by atoms with E-state index in [2.05, 4.69) is 31.2 Å². The Labute approximate surface area is 91.2 Å². The predicted octanol–water partition coefficient (Wildman–Crippen LogP) is 2.18. The third-order valence-electron chi connectivity index (χ3n) is 2.09. The molecule has 4 nitrogen and oxygen atoms in total. The number of hydrogen-bond acceptors (Lipinski definition) is 4. The van der Waals surface area contributed by atoms with Crippen LogP contribution in [0, 0.1) is 0 Å². The average molecular weight is 258 g/mol. The highest BCUT2D eigenvalue weighted by atomic mass is 79.9. The fourth-order valence-corrected chi connectivity index (χ4v) is 1.59. The van der Waals surface area contributed by atoms with E-state index in [1.54, 1.807) is 12.4 Å². The molecule has 0 radical (unpaired) electrons. The van der Waals surface area contributed by atoms with Gasteiger partial charge in [0.2, 0.25) is 5.95 Å². The molecular weight excluding hydrogens is 246 g/mol. The van der Waals surface area contributed by atoms with Crippen LogP contribution in [-0.4, -0.2) is 22.8 Å². The van der Waals surface area contributed by atoms with Crippen LogP contribution in [0.15, 0.2) is 16.9 Å². The van der Waals surface area contributed by atoms with Crippen molar-refractivity contribution >= 4 is 21.9 Å². The number of hydrogen-bond donors (Lipinski definition) is 1. The minimum atomic E-state index is 0.0740. The van der Waals surface area contributed by atoms with E-state index in [4.69, 9.17) is 4.74 Å². The molecule has 1 aromatic heterocycles. The van der Waals surface area contributed by atoms with E-state index in [-0.39, 0.29) is 6.23 Å². The van der Waals surface area contributed by atoms with Crippen LogP contribution >= 0.6 is 15.9 Å².